The van der Waals surface area contributed by atoms with Crippen molar-refractivity contribution in [2.75, 3.05) is 0 Å². The molecule has 0 amide bonds. The van der Waals surface area contributed by atoms with Gasteiger partial charge in [0.25, 0.3) is 0 Å². The third-order valence-corrected chi connectivity index (χ3v) is 3.79. The summed E-state index contributed by atoms with van der Waals surface area (Å²) in [5.74, 6) is 0.558. The van der Waals surface area contributed by atoms with Gasteiger partial charge in [-0.15, -0.1) is 0 Å². The number of nitrogens with zero attached hydrogens (tertiary/aromatic N) is 2. The van der Waals surface area contributed by atoms with E-state index in [0.29, 0.717) is 5.92 Å². The van der Waals surface area contributed by atoms with Crippen molar-refractivity contribution < 1.29 is 107 Å². The van der Waals surface area contributed by atoms with E-state index in [4.69, 9.17) is 0 Å². The smallest absolute Gasteiger partial charge is 0.208 e. The van der Waals surface area contributed by atoms with Crippen LogP contribution in [0.4, 0.5) is 0 Å². The van der Waals surface area contributed by atoms with Crippen molar-refractivity contribution in [3.8, 4) is 0 Å². The molecule has 0 bridgehead atoms. The van der Waals surface area contributed by atoms with E-state index in [2.05, 4.69) is 59.6 Å². The predicted octanol–water partition coefficient (Wildman–Crippen LogP) is 1.22. The molecule has 0 spiro atoms. The van der Waals surface area contributed by atoms with Gasteiger partial charge in [0.15, 0.2) is 5.92 Å². The molecular weight excluding hydrogens is 463 g/mol. The fourth-order valence-electron chi connectivity index (χ4n) is 3.03. The van der Waals surface area contributed by atoms with Crippen molar-refractivity contribution in [1.82, 2.24) is 0 Å². The number of aryl methyl sites for hydroxylation is 2. The van der Waals surface area contributed by atoms with Crippen LogP contribution in [0.15, 0.2) is 36.7 Å². The largest absolute Gasteiger partial charge is 0.365 e. The van der Waals surface area contributed by atoms with Crippen LogP contribution in [0.1, 0.15) is 28.4 Å². The Hall–Kier alpha value is 1.48. The van der Waals surface area contributed by atoms with Crippen LogP contribution in [0.3, 0.4) is 0 Å². The van der Waals surface area contributed by atoms with Crippen molar-refractivity contribution in [3.05, 3.63) is 65.3 Å². The Kier molecular flexibility index (Phi) is 6.55. The van der Waals surface area contributed by atoms with Gasteiger partial charge in [0.2, 0.25) is 0 Å². The van der Waals surface area contributed by atoms with Crippen molar-refractivity contribution in [1.29, 1.82) is 0 Å². The number of fused-ring (bicyclic) bond motifs is 7. The molecule has 4 rings (SSSR count). The SMILES string of the molecule is Cc1ccc[n+]2c1C1c3c(C)ccc[n+]3[C-]12.[Y].[Y].[Y]. The molecule has 0 atom stereocenters. The Morgan fingerprint density at radius 1 is 0.842 bits per heavy atom. The summed E-state index contributed by atoms with van der Waals surface area (Å²) in [6.45, 7) is 4.40. The molecule has 0 saturated carbocycles. The minimum Gasteiger partial charge on any atom is -0.208 e. The average Bonchev–Trinajstić information content (AvgIpc) is 2.21. The molecule has 5 heteroatoms. The average molecular weight is 476 g/mol. The summed E-state index contributed by atoms with van der Waals surface area (Å²) in [6.07, 6.45) is 5.73. The molecule has 2 nitrogen and oxygen atoms in total. The summed E-state index contributed by atoms with van der Waals surface area (Å²) in [5.41, 5.74) is 5.72. The summed E-state index contributed by atoms with van der Waals surface area (Å²) in [7, 11) is 0. The second kappa shape index (κ2) is 6.71. The summed E-state index contributed by atoms with van der Waals surface area (Å²) < 4.78 is 4.62. The van der Waals surface area contributed by atoms with Gasteiger partial charge < -0.3 is 0 Å². The first kappa shape index (κ1) is 18.5. The van der Waals surface area contributed by atoms with Gasteiger partial charge in [0.05, 0.1) is 0 Å². The molecule has 2 aromatic heterocycles. The van der Waals surface area contributed by atoms with Crippen LogP contribution in [-0.4, -0.2) is 0 Å². The molecule has 2 aromatic rings. The maximum Gasteiger partial charge on any atom is 0.365 e. The Labute approximate surface area is 189 Å². The van der Waals surface area contributed by atoms with Crippen LogP contribution in [0.5, 0.6) is 0 Å². The molecule has 3 radical (unpaired) electrons. The second-order valence-electron chi connectivity index (χ2n) is 4.68. The third-order valence-electron chi connectivity index (χ3n) is 3.79. The fraction of sp³-hybridized carbons (Fsp3) is 0.214. The minimum absolute atomic E-state index is 0. The first-order chi connectivity index (χ1) is 7.79. The molecule has 0 N–H and O–H groups in total. The molecule has 0 aromatic carbocycles. The van der Waals surface area contributed by atoms with Crippen LogP contribution in [0, 0.1) is 20.0 Å². The molecule has 2 aliphatic heterocycles. The van der Waals surface area contributed by atoms with Crippen LogP contribution in [0.2, 0.25) is 0 Å². The molecule has 0 aliphatic carbocycles. The predicted molar refractivity (Wildman–Crippen MR) is 58.6 cm³/mol. The van der Waals surface area contributed by atoms with E-state index >= 15 is 0 Å². The summed E-state index contributed by atoms with van der Waals surface area (Å²) in [6, 6.07) is 8.64. The van der Waals surface area contributed by atoms with Crippen LogP contribution in [0.25, 0.3) is 0 Å². The van der Waals surface area contributed by atoms with Gasteiger partial charge in [0, 0.05) is 98.1 Å². The first-order valence-corrected chi connectivity index (χ1v) is 5.69. The molecule has 19 heavy (non-hydrogen) atoms. The van der Waals surface area contributed by atoms with E-state index in [9.17, 15) is 0 Å². The third kappa shape index (κ3) is 2.43. The molecule has 2 aliphatic rings. The van der Waals surface area contributed by atoms with Gasteiger partial charge in [-0.2, -0.15) is 0 Å². The first-order valence-electron chi connectivity index (χ1n) is 5.69. The van der Waals surface area contributed by atoms with Gasteiger partial charge in [-0.1, -0.05) is 12.1 Å². The van der Waals surface area contributed by atoms with Crippen LogP contribution in [-0.2, 0) is 98.1 Å². The Morgan fingerprint density at radius 2 is 1.26 bits per heavy atom. The number of aromatic nitrogens is 2. The topological polar surface area (TPSA) is 7.76 Å². The van der Waals surface area contributed by atoms with E-state index < -0.39 is 0 Å². The second-order valence-corrected chi connectivity index (χ2v) is 4.68. The van der Waals surface area contributed by atoms with E-state index in [1.807, 2.05) is 0 Å². The van der Waals surface area contributed by atoms with Crippen molar-refractivity contribution >= 4 is 0 Å². The monoisotopic (exact) mass is 476 g/mol. The maximum absolute atomic E-state index is 2.31. The standard InChI is InChI=1S/C14H13N2.3Y/c1-9-5-3-7-15-12(9)11-13-10(2)6-4-8-16(13)14(11)15;;;/h3-8,11H,1-2H3;;;/q+1;;;. The zero-order valence-corrected chi connectivity index (χ0v) is 19.7. The molecule has 0 saturated heterocycles. The number of hydrogen-bond acceptors (Lipinski definition) is 0. The Balaban J connectivity index is 0.000000602. The van der Waals surface area contributed by atoms with Crippen molar-refractivity contribution in [2.45, 2.75) is 19.8 Å². The van der Waals surface area contributed by atoms with Crippen molar-refractivity contribution in [3.63, 3.8) is 0 Å². The van der Waals surface area contributed by atoms with Gasteiger partial charge in [-0.3, -0.25) is 0 Å². The summed E-state index contributed by atoms with van der Waals surface area (Å²) >= 11 is 0. The van der Waals surface area contributed by atoms with Gasteiger partial charge >= 0.3 is 6.17 Å². The van der Waals surface area contributed by atoms with E-state index in [1.165, 1.54) is 28.7 Å². The van der Waals surface area contributed by atoms with Crippen molar-refractivity contribution in [2.24, 2.45) is 0 Å². The van der Waals surface area contributed by atoms with Crippen LogP contribution >= 0.6 is 0 Å². The normalized spacial score (nSPS) is 13.3. The zero-order valence-electron chi connectivity index (χ0n) is 11.2. The molecule has 0 unspecified atom stereocenters. The fourth-order valence-corrected chi connectivity index (χ4v) is 3.03. The Morgan fingerprint density at radius 3 is 1.68 bits per heavy atom. The van der Waals surface area contributed by atoms with Gasteiger partial charge in [-0.25, -0.2) is 9.13 Å². The van der Waals surface area contributed by atoms with Crippen LogP contribution < -0.4 is 9.13 Å². The quantitative estimate of drug-likeness (QED) is 0.400. The molecule has 87 valence electrons. The Bertz CT molecular complexity index is 575. The van der Waals surface area contributed by atoms with E-state index in [1.54, 1.807) is 0 Å². The molecule has 4 heterocycles. The van der Waals surface area contributed by atoms with Gasteiger partial charge in [-0.05, 0) is 37.1 Å². The molecule has 0 fully saturated rings. The number of rotatable bonds is 0. The van der Waals surface area contributed by atoms with Gasteiger partial charge in [0.1, 0.15) is 23.8 Å². The summed E-state index contributed by atoms with van der Waals surface area (Å²) in [5, 5.41) is 0. The minimum atomic E-state index is 0. The maximum atomic E-state index is 2.31. The summed E-state index contributed by atoms with van der Waals surface area (Å²) in [4.78, 5) is 0. The van der Waals surface area contributed by atoms with E-state index in [-0.39, 0.29) is 98.1 Å². The zero-order chi connectivity index (χ0) is 10.9. The number of pyridine rings is 2. The molecular formula is C14H13N2Y3+. The number of hydrogen-bond donors (Lipinski definition) is 0. The van der Waals surface area contributed by atoms with E-state index in [0.717, 1.165) is 0 Å².